The highest BCUT2D eigenvalue weighted by Gasteiger charge is 2.20. The molecule has 0 radical (unpaired) electrons. The van der Waals surface area contributed by atoms with Crippen LogP contribution in [0.1, 0.15) is 33.9 Å². The van der Waals surface area contributed by atoms with Gasteiger partial charge >= 0.3 is 0 Å². The van der Waals surface area contributed by atoms with Crippen molar-refractivity contribution in [2.45, 2.75) is 32.7 Å². The Bertz CT molecular complexity index is 613. The van der Waals surface area contributed by atoms with Crippen LogP contribution in [0.4, 0.5) is 0 Å². The number of nitrogens with two attached hydrogens (primary N) is 1. The summed E-state index contributed by atoms with van der Waals surface area (Å²) in [5, 5.41) is 0. The van der Waals surface area contributed by atoms with E-state index in [9.17, 15) is 0 Å². The van der Waals surface area contributed by atoms with E-state index < -0.39 is 0 Å². The van der Waals surface area contributed by atoms with Gasteiger partial charge in [-0.1, -0.05) is 47.5 Å². The van der Waals surface area contributed by atoms with Gasteiger partial charge in [-0.3, -0.25) is 0 Å². The third-order valence-electron chi connectivity index (χ3n) is 3.88. The number of fused-ring (bicyclic) bond motifs is 1. The van der Waals surface area contributed by atoms with E-state index in [2.05, 4.69) is 50.2 Å². The van der Waals surface area contributed by atoms with Crippen molar-refractivity contribution in [3.8, 4) is 5.75 Å². The largest absolute Gasteiger partial charge is 0.493 e. The van der Waals surface area contributed by atoms with E-state index in [1.54, 1.807) is 0 Å². The van der Waals surface area contributed by atoms with E-state index in [0.29, 0.717) is 0 Å². The maximum absolute atomic E-state index is 6.42. The summed E-state index contributed by atoms with van der Waals surface area (Å²) in [5.74, 6) is 1.02. The van der Waals surface area contributed by atoms with Gasteiger partial charge in [0.2, 0.25) is 0 Å². The summed E-state index contributed by atoms with van der Waals surface area (Å²) in [4.78, 5) is 0. The SMILES string of the molecule is Cc1cc(C)cc(CC(N)c2cccc3c2OCC3)c1. The second-order valence-electron chi connectivity index (χ2n) is 5.74. The van der Waals surface area contributed by atoms with Crippen molar-refractivity contribution in [2.75, 3.05) is 6.61 Å². The average molecular weight is 267 g/mol. The van der Waals surface area contributed by atoms with E-state index >= 15 is 0 Å². The van der Waals surface area contributed by atoms with Crippen LogP contribution in [-0.2, 0) is 12.8 Å². The number of hydrogen-bond acceptors (Lipinski definition) is 2. The fraction of sp³-hybridized carbons (Fsp3) is 0.333. The summed E-state index contributed by atoms with van der Waals surface area (Å²) in [7, 11) is 0. The monoisotopic (exact) mass is 267 g/mol. The second-order valence-corrected chi connectivity index (χ2v) is 5.74. The first kappa shape index (κ1) is 13.2. The Hall–Kier alpha value is -1.80. The van der Waals surface area contributed by atoms with Crippen LogP contribution in [0, 0.1) is 13.8 Å². The van der Waals surface area contributed by atoms with Gasteiger partial charge in [0.25, 0.3) is 0 Å². The fourth-order valence-electron chi connectivity index (χ4n) is 3.08. The van der Waals surface area contributed by atoms with Gasteiger partial charge in [-0.25, -0.2) is 0 Å². The summed E-state index contributed by atoms with van der Waals surface area (Å²) >= 11 is 0. The highest BCUT2D eigenvalue weighted by atomic mass is 16.5. The van der Waals surface area contributed by atoms with Gasteiger partial charge in [0.05, 0.1) is 6.61 Å². The summed E-state index contributed by atoms with van der Waals surface area (Å²) in [6.45, 7) is 5.04. The van der Waals surface area contributed by atoms with Crippen molar-refractivity contribution in [2.24, 2.45) is 5.73 Å². The van der Waals surface area contributed by atoms with Gasteiger partial charge in [0, 0.05) is 18.0 Å². The Kier molecular flexibility index (Phi) is 3.49. The standard InChI is InChI=1S/C18H21NO/c1-12-8-13(2)10-14(9-12)11-17(19)16-5-3-4-15-6-7-20-18(15)16/h3-5,8-10,17H,6-7,11,19H2,1-2H3. The van der Waals surface area contributed by atoms with Gasteiger partial charge in [-0.05, 0) is 31.4 Å². The van der Waals surface area contributed by atoms with Crippen molar-refractivity contribution < 1.29 is 4.74 Å². The molecule has 2 nitrogen and oxygen atoms in total. The maximum Gasteiger partial charge on any atom is 0.127 e. The third-order valence-corrected chi connectivity index (χ3v) is 3.88. The summed E-state index contributed by atoms with van der Waals surface area (Å²) in [5.41, 5.74) is 12.7. The van der Waals surface area contributed by atoms with Crippen LogP contribution in [0.3, 0.4) is 0 Å². The first-order valence-corrected chi connectivity index (χ1v) is 7.21. The minimum atomic E-state index is -0.00995. The molecular formula is C18H21NO. The zero-order valence-corrected chi connectivity index (χ0v) is 12.1. The highest BCUT2D eigenvalue weighted by Crippen LogP contribution is 2.33. The molecule has 1 aliphatic rings. The molecule has 1 heterocycles. The number of para-hydroxylation sites is 1. The molecular weight excluding hydrogens is 246 g/mol. The zero-order chi connectivity index (χ0) is 14.1. The lowest BCUT2D eigenvalue weighted by Crippen LogP contribution is -2.14. The van der Waals surface area contributed by atoms with Gasteiger partial charge < -0.3 is 10.5 Å². The molecule has 2 aromatic rings. The molecule has 0 saturated carbocycles. The molecule has 0 aliphatic carbocycles. The molecule has 0 saturated heterocycles. The first-order valence-electron chi connectivity index (χ1n) is 7.21. The molecule has 0 spiro atoms. The fourth-order valence-corrected chi connectivity index (χ4v) is 3.08. The number of hydrogen-bond donors (Lipinski definition) is 1. The van der Waals surface area contributed by atoms with E-state index in [4.69, 9.17) is 10.5 Å². The summed E-state index contributed by atoms with van der Waals surface area (Å²) < 4.78 is 5.76. The van der Waals surface area contributed by atoms with Crippen LogP contribution < -0.4 is 10.5 Å². The van der Waals surface area contributed by atoms with Gasteiger partial charge in [-0.2, -0.15) is 0 Å². The molecule has 0 fully saturated rings. The molecule has 1 unspecified atom stereocenters. The molecule has 3 rings (SSSR count). The molecule has 1 aliphatic heterocycles. The number of rotatable bonds is 3. The Morgan fingerprint density at radius 2 is 1.90 bits per heavy atom. The number of ether oxygens (including phenoxy) is 1. The van der Waals surface area contributed by atoms with Crippen molar-refractivity contribution in [3.05, 3.63) is 64.2 Å². The van der Waals surface area contributed by atoms with Crippen LogP contribution in [0.15, 0.2) is 36.4 Å². The van der Waals surface area contributed by atoms with E-state index in [1.807, 2.05) is 0 Å². The van der Waals surface area contributed by atoms with Gasteiger partial charge in [-0.15, -0.1) is 0 Å². The van der Waals surface area contributed by atoms with E-state index in [0.717, 1.165) is 30.8 Å². The molecule has 0 amide bonds. The Balaban J connectivity index is 1.86. The molecule has 0 aromatic heterocycles. The minimum absolute atomic E-state index is 0.00995. The van der Waals surface area contributed by atoms with E-state index in [1.165, 1.54) is 22.3 Å². The molecule has 2 heteroatoms. The lowest BCUT2D eigenvalue weighted by Gasteiger charge is -2.16. The Labute approximate surface area is 120 Å². The highest BCUT2D eigenvalue weighted by molar-refractivity contribution is 5.46. The zero-order valence-electron chi connectivity index (χ0n) is 12.1. The topological polar surface area (TPSA) is 35.2 Å². The lowest BCUT2D eigenvalue weighted by atomic mass is 9.95. The predicted molar refractivity (Wildman–Crippen MR) is 82.2 cm³/mol. The lowest BCUT2D eigenvalue weighted by molar-refractivity contribution is 0.351. The molecule has 0 bridgehead atoms. The van der Waals surface area contributed by atoms with E-state index in [-0.39, 0.29) is 6.04 Å². The minimum Gasteiger partial charge on any atom is -0.493 e. The normalized spacial score (nSPS) is 14.8. The number of benzene rings is 2. The molecule has 1 atom stereocenters. The third kappa shape index (κ3) is 2.56. The van der Waals surface area contributed by atoms with Crippen molar-refractivity contribution in [3.63, 3.8) is 0 Å². The first-order chi connectivity index (χ1) is 9.63. The Morgan fingerprint density at radius 3 is 2.65 bits per heavy atom. The quantitative estimate of drug-likeness (QED) is 0.924. The molecule has 20 heavy (non-hydrogen) atoms. The van der Waals surface area contributed by atoms with Crippen molar-refractivity contribution >= 4 is 0 Å². The van der Waals surface area contributed by atoms with Crippen LogP contribution in [0.2, 0.25) is 0 Å². The maximum atomic E-state index is 6.42. The molecule has 2 aromatic carbocycles. The molecule has 104 valence electrons. The number of aryl methyl sites for hydroxylation is 2. The summed E-state index contributed by atoms with van der Waals surface area (Å²) in [6.07, 6.45) is 1.85. The smallest absolute Gasteiger partial charge is 0.127 e. The molecule has 2 N–H and O–H groups in total. The average Bonchev–Trinajstić information content (AvgIpc) is 2.85. The van der Waals surface area contributed by atoms with Crippen LogP contribution in [0.5, 0.6) is 5.75 Å². The van der Waals surface area contributed by atoms with Crippen LogP contribution in [0.25, 0.3) is 0 Å². The Morgan fingerprint density at radius 1 is 1.15 bits per heavy atom. The predicted octanol–water partition coefficient (Wildman–Crippen LogP) is 3.48. The van der Waals surface area contributed by atoms with Crippen molar-refractivity contribution in [1.29, 1.82) is 0 Å². The van der Waals surface area contributed by atoms with Gasteiger partial charge in [0.1, 0.15) is 5.75 Å². The summed E-state index contributed by atoms with van der Waals surface area (Å²) in [6, 6.07) is 12.9. The van der Waals surface area contributed by atoms with Crippen LogP contribution >= 0.6 is 0 Å². The van der Waals surface area contributed by atoms with Crippen molar-refractivity contribution in [1.82, 2.24) is 0 Å². The van der Waals surface area contributed by atoms with Gasteiger partial charge in [0.15, 0.2) is 0 Å². The second kappa shape index (κ2) is 5.29. The van der Waals surface area contributed by atoms with Crippen LogP contribution in [-0.4, -0.2) is 6.61 Å².